The van der Waals surface area contributed by atoms with E-state index in [9.17, 15) is 9.59 Å². The van der Waals surface area contributed by atoms with Crippen molar-refractivity contribution in [2.24, 2.45) is 0 Å². The summed E-state index contributed by atoms with van der Waals surface area (Å²) in [4.78, 5) is 25.6. The molecule has 3 N–H and O–H groups in total. The van der Waals surface area contributed by atoms with Gasteiger partial charge in [0, 0.05) is 32.0 Å². The molecule has 1 fully saturated rings. The highest BCUT2D eigenvalue weighted by Gasteiger charge is 2.32. The molecule has 1 aromatic carbocycles. The smallest absolute Gasteiger partial charge is 0.318 e. The van der Waals surface area contributed by atoms with Gasteiger partial charge in [0.15, 0.2) is 0 Å². The summed E-state index contributed by atoms with van der Waals surface area (Å²) in [7, 11) is 0. The summed E-state index contributed by atoms with van der Waals surface area (Å²) in [6.07, 6.45) is 1.15. The molecule has 0 unspecified atom stereocenters. The van der Waals surface area contributed by atoms with Crippen molar-refractivity contribution in [3.05, 3.63) is 35.4 Å². The number of benzene rings is 1. The van der Waals surface area contributed by atoms with Crippen LogP contribution in [-0.2, 0) is 10.5 Å². The molecule has 2 rings (SSSR count). The van der Waals surface area contributed by atoms with Crippen LogP contribution in [0.4, 0.5) is 4.79 Å². The lowest BCUT2D eigenvalue weighted by atomic mass is 10.1. The SMILES string of the molecule is Cc1cccc(CSCCCNC(=O)N2CCNC(=O)[C@@H]2CCO)c1. The Morgan fingerprint density at radius 3 is 3.08 bits per heavy atom. The van der Waals surface area contributed by atoms with Crippen molar-refractivity contribution < 1.29 is 14.7 Å². The first-order valence-corrected chi connectivity index (χ1v) is 9.83. The fourth-order valence-electron chi connectivity index (χ4n) is 2.83. The number of hydrogen-bond acceptors (Lipinski definition) is 4. The quantitative estimate of drug-likeness (QED) is 0.610. The van der Waals surface area contributed by atoms with Gasteiger partial charge in [-0.05, 0) is 31.1 Å². The largest absolute Gasteiger partial charge is 0.396 e. The second-order valence-electron chi connectivity index (χ2n) is 6.14. The van der Waals surface area contributed by atoms with Gasteiger partial charge in [-0.1, -0.05) is 29.8 Å². The highest BCUT2D eigenvalue weighted by atomic mass is 32.2. The highest BCUT2D eigenvalue weighted by molar-refractivity contribution is 7.98. The zero-order valence-corrected chi connectivity index (χ0v) is 15.5. The Bertz CT molecular complexity index is 582. The van der Waals surface area contributed by atoms with E-state index in [2.05, 4.69) is 41.8 Å². The van der Waals surface area contributed by atoms with E-state index in [1.54, 1.807) is 0 Å². The number of carbonyl (C=O) groups excluding carboxylic acids is 2. The topological polar surface area (TPSA) is 81.7 Å². The Morgan fingerprint density at radius 1 is 1.48 bits per heavy atom. The van der Waals surface area contributed by atoms with E-state index in [0.29, 0.717) is 19.6 Å². The van der Waals surface area contributed by atoms with Crippen molar-refractivity contribution in [2.75, 3.05) is 32.0 Å². The predicted molar refractivity (Wildman–Crippen MR) is 101 cm³/mol. The lowest BCUT2D eigenvalue weighted by Crippen LogP contribution is -2.59. The minimum atomic E-state index is -0.575. The Kier molecular flexibility index (Phi) is 8.08. The summed E-state index contributed by atoms with van der Waals surface area (Å²) in [6, 6.07) is 7.69. The van der Waals surface area contributed by atoms with Crippen LogP contribution in [0.3, 0.4) is 0 Å². The summed E-state index contributed by atoms with van der Waals surface area (Å²) in [6.45, 7) is 3.50. The summed E-state index contributed by atoms with van der Waals surface area (Å²) in [5.41, 5.74) is 2.59. The van der Waals surface area contributed by atoms with E-state index < -0.39 is 6.04 Å². The van der Waals surface area contributed by atoms with E-state index in [1.807, 2.05) is 11.8 Å². The van der Waals surface area contributed by atoms with Gasteiger partial charge >= 0.3 is 6.03 Å². The third-order valence-electron chi connectivity index (χ3n) is 4.09. The maximum absolute atomic E-state index is 12.3. The van der Waals surface area contributed by atoms with Crippen LogP contribution in [-0.4, -0.2) is 60.0 Å². The number of nitrogens with zero attached hydrogens (tertiary/aromatic N) is 1. The first kappa shape index (κ1) is 19.6. The van der Waals surface area contributed by atoms with Gasteiger partial charge in [0.05, 0.1) is 0 Å². The maximum Gasteiger partial charge on any atom is 0.318 e. The van der Waals surface area contributed by atoms with Crippen LogP contribution in [0.1, 0.15) is 24.0 Å². The molecule has 1 heterocycles. The molecule has 0 spiro atoms. The Balaban J connectivity index is 1.65. The van der Waals surface area contributed by atoms with Crippen molar-refractivity contribution in [3.8, 4) is 0 Å². The number of aliphatic hydroxyl groups is 1. The molecule has 138 valence electrons. The zero-order valence-electron chi connectivity index (χ0n) is 14.7. The van der Waals surface area contributed by atoms with Crippen molar-refractivity contribution in [3.63, 3.8) is 0 Å². The van der Waals surface area contributed by atoms with Crippen molar-refractivity contribution >= 4 is 23.7 Å². The Morgan fingerprint density at radius 2 is 2.32 bits per heavy atom. The van der Waals surface area contributed by atoms with Crippen molar-refractivity contribution in [1.82, 2.24) is 15.5 Å². The van der Waals surface area contributed by atoms with Crippen LogP contribution in [0.25, 0.3) is 0 Å². The number of aryl methyl sites for hydroxylation is 1. The lowest BCUT2D eigenvalue weighted by molar-refractivity contribution is -0.128. The fourth-order valence-corrected chi connectivity index (χ4v) is 3.74. The van der Waals surface area contributed by atoms with E-state index in [1.165, 1.54) is 16.0 Å². The number of hydrogen-bond donors (Lipinski definition) is 3. The van der Waals surface area contributed by atoms with Gasteiger partial charge in [0.25, 0.3) is 0 Å². The molecule has 1 saturated heterocycles. The monoisotopic (exact) mass is 365 g/mol. The maximum atomic E-state index is 12.3. The average Bonchev–Trinajstić information content (AvgIpc) is 2.59. The van der Waals surface area contributed by atoms with E-state index in [-0.39, 0.29) is 25.0 Å². The molecule has 6 nitrogen and oxygen atoms in total. The van der Waals surface area contributed by atoms with Gasteiger partial charge in [0.1, 0.15) is 6.04 Å². The van der Waals surface area contributed by atoms with E-state index in [0.717, 1.165) is 17.9 Å². The number of nitrogens with one attached hydrogen (secondary N) is 2. The molecule has 25 heavy (non-hydrogen) atoms. The molecule has 0 bridgehead atoms. The summed E-state index contributed by atoms with van der Waals surface area (Å²) < 4.78 is 0. The van der Waals surface area contributed by atoms with Gasteiger partial charge in [-0.25, -0.2) is 4.79 Å². The minimum Gasteiger partial charge on any atom is -0.396 e. The first-order valence-electron chi connectivity index (χ1n) is 8.68. The number of urea groups is 1. The highest BCUT2D eigenvalue weighted by Crippen LogP contribution is 2.14. The Hall–Kier alpha value is -1.73. The van der Waals surface area contributed by atoms with Gasteiger partial charge in [-0.15, -0.1) is 0 Å². The molecule has 0 aromatic heterocycles. The lowest BCUT2D eigenvalue weighted by Gasteiger charge is -2.34. The number of rotatable bonds is 8. The molecule has 1 aliphatic heterocycles. The standard InChI is InChI=1S/C18H27N3O3S/c1-14-4-2-5-15(12-14)13-25-11-3-7-20-18(24)21-9-8-19-17(23)16(21)6-10-22/h2,4-5,12,16,22H,3,6-11,13H2,1H3,(H,19,23)(H,20,24)/t16-/m0/s1. The van der Waals surface area contributed by atoms with Crippen LogP contribution < -0.4 is 10.6 Å². The van der Waals surface area contributed by atoms with Crippen LogP contribution >= 0.6 is 11.8 Å². The fraction of sp³-hybridized carbons (Fsp3) is 0.556. The molecular weight excluding hydrogens is 338 g/mol. The van der Waals surface area contributed by atoms with Crippen LogP contribution in [0.15, 0.2) is 24.3 Å². The van der Waals surface area contributed by atoms with Crippen LogP contribution in [0, 0.1) is 6.92 Å². The van der Waals surface area contributed by atoms with E-state index >= 15 is 0 Å². The van der Waals surface area contributed by atoms with Crippen LogP contribution in [0.2, 0.25) is 0 Å². The first-order chi connectivity index (χ1) is 12.1. The van der Waals surface area contributed by atoms with Crippen molar-refractivity contribution in [2.45, 2.75) is 31.6 Å². The zero-order chi connectivity index (χ0) is 18.1. The molecule has 1 aromatic rings. The number of thioether (sulfide) groups is 1. The second kappa shape index (κ2) is 10.3. The molecule has 1 atom stereocenters. The molecule has 7 heteroatoms. The number of amides is 3. The molecule has 3 amide bonds. The number of carbonyl (C=O) groups is 2. The summed E-state index contributed by atoms with van der Waals surface area (Å²) in [5, 5.41) is 14.7. The second-order valence-corrected chi connectivity index (χ2v) is 7.24. The predicted octanol–water partition coefficient (Wildman–Crippen LogP) is 1.51. The molecule has 0 aliphatic carbocycles. The Labute approximate surface area is 153 Å². The molecular formula is C18H27N3O3S. The summed E-state index contributed by atoms with van der Waals surface area (Å²) in [5.74, 6) is 1.75. The molecule has 0 saturated carbocycles. The van der Waals surface area contributed by atoms with Gasteiger partial charge < -0.3 is 20.6 Å². The average molecular weight is 365 g/mol. The molecule has 0 radical (unpaired) electrons. The van der Waals surface area contributed by atoms with Crippen LogP contribution in [0.5, 0.6) is 0 Å². The number of piperazine rings is 1. The third kappa shape index (κ3) is 6.25. The van der Waals surface area contributed by atoms with Gasteiger partial charge in [-0.2, -0.15) is 11.8 Å². The molecule has 1 aliphatic rings. The van der Waals surface area contributed by atoms with E-state index in [4.69, 9.17) is 5.11 Å². The summed E-state index contributed by atoms with van der Waals surface area (Å²) >= 11 is 1.85. The minimum absolute atomic E-state index is 0.114. The van der Waals surface area contributed by atoms with Gasteiger partial charge in [-0.3, -0.25) is 4.79 Å². The van der Waals surface area contributed by atoms with Crippen molar-refractivity contribution in [1.29, 1.82) is 0 Å². The van der Waals surface area contributed by atoms with Gasteiger partial charge in [0.2, 0.25) is 5.91 Å². The number of aliphatic hydroxyl groups excluding tert-OH is 1. The third-order valence-corrected chi connectivity index (χ3v) is 5.20. The normalized spacial score (nSPS) is 17.3.